The van der Waals surface area contributed by atoms with Gasteiger partial charge in [-0.25, -0.2) is 12.8 Å². The zero-order valence-electron chi connectivity index (χ0n) is 12.8. The fraction of sp³-hybridized carbons (Fsp3) is 0.600. The van der Waals surface area contributed by atoms with Crippen molar-refractivity contribution in [3.05, 3.63) is 29.6 Å². The van der Waals surface area contributed by atoms with E-state index in [0.29, 0.717) is 24.8 Å². The first-order valence-electron chi connectivity index (χ1n) is 7.27. The predicted octanol–water partition coefficient (Wildman–Crippen LogP) is 1.95. The monoisotopic (exact) mass is 314 g/mol. The Balaban J connectivity index is 2.14. The second kappa shape index (κ2) is 6.32. The van der Waals surface area contributed by atoms with Gasteiger partial charge in [-0.1, -0.05) is 19.9 Å². The van der Waals surface area contributed by atoms with Gasteiger partial charge < -0.3 is 10.2 Å². The van der Waals surface area contributed by atoms with E-state index in [1.54, 1.807) is 6.07 Å². The van der Waals surface area contributed by atoms with Gasteiger partial charge in [0.05, 0.1) is 17.2 Å². The Morgan fingerprint density at radius 2 is 2.14 bits per heavy atom. The second-order valence-electron chi connectivity index (χ2n) is 5.98. The lowest BCUT2D eigenvalue weighted by Crippen LogP contribution is -2.47. The molecule has 1 aliphatic rings. The summed E-state index contributed by atoms with van der Waals surface area (Å²) in [6, 6.07) is 5.32. The van der Waals surface area contributed by atoms with Crippen molar-refractivity contribution in [2.75, 3.05) is 23.0 Å². The molecule has 118 valence electrons. The summed E-state index contributed by atoms with van der Waals surface area (Å²) in [6.07, 6.45) is 0. The van der Waals surface area contributed by atoms with Crippen LogP contribution in [-0.4, -0.2) is 38.6 Å². The normalized spacial score (nSPS) is 21.8. The minimum atomic E-state index is -2.99. The molecule has 21 heavy (non-hydrogen) atoms. The van der Waals surface area contributed by atoms with Crippen molar-refractivity contribution in [2.24, 2.45) is 0 Å². The molecule has 1 aliphatic heterocycles. The third kappa shape index (κ3) is 4.17. The van der Waals surface area contributed by atoms with Crippen molar-refractivity contribution in [1.82, 2.24) is 5.32 Å². The molecular formula is C15H23FN2O2S. The lowest BCUT2D eigenvalue weighted by molar-refractivity contribution is 0.556. The molecule has 0 amide bonds. The van der Waals surface area contributed by atoms with Crippen LogP contribution in [0.4, 0.5) is 10.1 Å². The maximum atomic E-state index is 14.3. The van der Waals surface area contributed by atoms with Crippen molar-refractivity contribution >= 4 is 15.5 Å². The Bertz CT molecular complexity index is 602. The number of rotatable bonds is 4. The van der Waals surface area contributed by atoms with Crippen molar-refractivity contribution < 1.29 is 12.8 Å². The van der Waals surface area contributed by atoms with Crippen LogP contribution >= 0.6 is 0 Å². The van der Waals surface area contributed by atoms with Crippen LogP contribution in [0.5, 0.6) is 0 Å². The molecule has 0 radical (unpaired) electrons. The van der Waals surface area contributed by atoms with Gasteiger partial charge in [-0.15, -0.1) is 0 Å². The van der Waals surface area contributed by atoms with Gasteiger partial charge in [0.2, 0.25) is 0 Å². The highest BCUT2D eigenvalue weighted by Crippen LogP contribution is 2.25. The van der Waals surface area contributed by atoms with Crippen LogP contribution in [0.2, 0.25) is 0 Å². The topological polar surface area (TPSA) is 49.4 Å². The van der Waals surface area contributed by atoms with Crippen LogP contribution < -0.4 is 10.2 Å². The third-order valence-corrected chi connectivity index (χ3v) is 5.50. The summed E-state index contributed by atoms with van der Waals surface area (Å²) in [7, 11) is -2.99. The maximum Gasteiger partial charge on any atom is 0.154 e. The van der Waals surface area contributed by atoms with E-state index in [0.717, 1.165) is 5.56 Å². The molecule has 0 spiro atoms. The minimum Gasteiger partial charge on any atom is -0.364 e. The summed E-state index contributed by atoms with van der Waals surface area (Å²) < 4.78 is 37.5. The minimum absolute atomic E-state index is 0.0864. The van der Waals surface area contributed by atoms with E-state index < -0.39 is 9.84 Å². The van der Waals surface area contributed by atoms with Crippen LogP contribution in [0.15, 0.2) is 18.2 Å². The molecule has 0 bridgehead atoms. The number of sulfone groups is 1. The number of nitrogens with zero attached hydrogens (tertiary/aromatic N) is 1. The Labute approximate surface area is 126 Å². The fourth-order valence-corrected chi connectivity index (χ4v) is 4.13. The molecule has 1 aromatic carbocycles. The van der Waals surface area contributed by atoms with Gasteiger partial charge in [0.25, 0.3) is 0 Å². The molecule has 4 nitrogen and oxygen atoms in total. The zero-order valence-corrected chi connectivity index (χ0v) is 13.6. The van der Waals surface area contributed by atoms with Gasteiger partial charge in [-0.05, 0) is 24.6 Å². The van der Waals surface area contributed by atoms with Gasteiger partial charge >= 0.3 is 0 Å². The Morgan fingerprint density at radius 1 is 1.43 bits per heavy atom. The molecular weight excluding hydrogens is 291 g/mol. The number of halogens is 1. The molecule has 0 aromatic heterocycles. The largest absolute Gasteiger partial charge is 0.364 e. The quantitative estimate of drug-likeness (QED) is 0.923. The molecule has 0 aliphatic carbocycles. The van der Waals surface area contributed by atoms with E-state index in [-0.39, 0.29) is 23.4 Å². The Morgan fingerprint density at radius 3 is 2.71 bits per heavy atom. The average Bonchev–Trinajstić information content (AvgIpc) is 2.36. The lowest BCUT2D eigenvalue weighted by Gasteiger charge is -2.35. The van der Waals surface area contributed by atoms with E-state index in [4.69, 9.17) is 0 Å². The van der Waals surface area contributed by atoms with Crippen LogP contribution in [0.3, 0.4) is 0 Å². The summed E-state index contributed by atoms with van der Waals surface area (Å²) in [4.78, 5) is 1.84. The van der Waals surface area contributed by atoms with Crippen LogP contribution in [0, 0.1) is 5.82 Å². The SMILES string of the molecule is CC(C)NCc1ccc(N2CCS(=O)(=O)CC2C)c(F)c1. The molecule has 1 saturated heterocycles. The summed E-state index contributed by atoms with van der Waals surface area (Å²) in [6.45, 7) is 6.88. The fourth-order valence-electron chi connectivity index (χ4n) is 2.57. The van der Waals surface area contributed by atoms with Crippen molar-refractivity contribution in [1.29, 1.82) is 0 Å². The Hall–Kier alpha value is -1.14. The smallest absolute Gasteiger partial charge is 0.154 e. The molecule has 2 rings (SSSR count). The first-order chi connectivity index (χ1) is 9.78. The molecule has 1 fully saturated rings. The highest BCUT2D eigenvalue weighted by atomic mass is 32.2. The molecule has 1 atom stereocenters. The highest BCUT2D eigenvalue weighted by Gasteiger charge is 2.29. The predicted molar refractivity (Wildman–Crippen MR) is 83.8 cm³/mol. The van der Waals surface area contributed by atoms with E-state index in [1.165, 1.54) is 6.07 Å². The van der Waals surface area contributed by atoms with Gasteiger partial charge in [0.15, 0.2) is 9.84 Å². The summed E-state index contributed by atoms with van der Waals surface area (Å²) in [5.74, 6) is -0.111. The maximum absolute atomic E-state index is 14.3. The number of nitrogens with one attached hydrogen (secondary N) is 1. The van der Waals surface area contributed by atoms with Crippen molar-refractivity contribution in [3.63, 3.8) is 0 Å². The van der Waals surface area contributed by atoms with Crippen LogP contribution in [0.1, 0.15) is 26.3 Å². The summed E-state index contributed by atoms with van der Waals surface area (Å²) in [5.41, 5.74) is 1.38. The highest BCUT2D eigenvalue weighted by molar-refractivity contribution is 7.91. The van der Waals surface area contributed by atoms with Crippen molar-refractivity contribution in [3.8, 4) is 0 Å². The van der Waals surface area contributed by atoms with Gasteiger partial charge in [0, 0.05) is 25.2 Å². The van der Waals surface area contributed by atoms with E-state index in [1.807, 2.05) is 31.7 Å². The third-order valence-electron chi connectivity index (χ3n) is 3.71. The second-order valence-corrected chi connectivity index (χ2v) is 8.21. The van der Waals surface area contributed by atoms with Gasteiger partial charge in [-0.2, -0.15) is 0 Å². The summed E-state index contributed by atoms with van der Waals surface area (Å²) in [5, 5.41) is 3.25. The lowest BCUT2D eigenvalue weighted by atomic mass is 10.1. The Kier molecular flexibility index (Phi) is 4.88. The molecule has 6 heteroatoms. The molecule has 1 unspecified atom stereocenters. The van der Waals surface area contributed by atoms with E-state index in [9.17, 15) is 12.8 Å². The molecule has 1 N–H and O–H groups in total. The van der Waals surface area contributed by atoms with Crippen LogP contribution in [0.25, 0.3) is 0 Å². The van der Waals surface area contributed by atoms with E-state index in [2.05, 4.69) is 5.32 Å². The molecule has 0 saturated carbocycles. The van der Waals surface area contributed by atoms with Crippen molar-refractivity contribution in [2.45, 2.75) is 39.4 Å². The first-order valence-corrected chi connectivity index (χ1v) is 9.09. The zero-order chi connectivity index (χ0) is 15.6. The summed E-state index contributed by atoms with van der Waals surface area (Å²) >= 11 is 0. The first kappa shape index (κ1) is 16.2. The van der Waals surface area contributed by atoms with Crippen LogP contribution in [-0.2, 0) is 16.4 Å². The number of hydrogen-bond acceptors (Lipinski definition) is 4. The average molecular weight is 314 g/mol. The number of benzene rings is 1. The van der Waals surface area contributed by atoms with E-state index >= 15 is 0 Å². The number of hydrogen-bond donors (Lipinski definition) is 1. The standard InChI is InChI=1S/C15H23FN2O2S/c1-11(2)17-9-13-4-5-15(14(16)8-13)18-6-7-21(19,20)10-12(18)3/h4-5,8,11-12,17H,6-7,9-10H2,1-3H3. The van der Waals surface area contributed by atoms with Gasteiger partial charge in [0.1, 0.15) is 5.82 Å². The molecule has 1 aromatic rings. The molecule has 1 heterocycles. The van der Waals surface area contributed by atoms with Gasteiger partial charge in [-0.3, -0.25) is 0 Å². The number of anilines is 1.